The lowest BCUT2D eigenvalue weighted by Crippen LogP contribution is -3.15. The van der Waals surface area contributed by atoms with Crippen LogP contribution in [0.15, 0.2) is 48.5 Å². The SMILES string of the molecule is O=C(C[NH+]1CCN(c2ccccc2O)CC1)Nc1cccc(C(F)(F)F)c1. The first-order valence-corrected chi connectivity index (χ1v) is 8.66. The number of aromatic hydroxyl groups is 1. The van der Waals surface area contributed by atoms with E-state index in [1.54, 1.807) is 12.1 Å². The zero-order valence-electron chi connectivity index (χ0n) is 14.6. The zero-order valence-corrected chi connectivity index (χ0v) is 14.6. The lowest BCUT2D eigenvalue weighted by molar-refractivity contribution is -0.892. The van der Waals surface area contributed by atoms with E-state index in [0.29, 0.717) is 26.2 Å². The number of alkyl halides is 3. The summed E-state index contributed by atoms with van der Waals surface area (Å²) in [7, 11) is 0. The van der Waals surface area contributed by atoms with Crippen molar-refractivity contribution in [3.05, 3.63) is 54.1 Å². The van der Waals surface area contributed by atoms with Crippen molar-refractivity contribution < 1.29 is 28.0 Å². The number of halogens is 3. The second kappa shape index (κ2) is 7.87. The van der Waals surface area contributed by atoms with Gasteiger partial charge in [0.05, 0.1) is 37.4 Å². The highest BCUT2D eigenvalue weighted by atomic mass is 19.4. The van der Waals surface area contributed by atoms with Crippen LogP contribution < -0.4 is 15.1 Å². The molecule has 1 amide bonds. The molecule has 0 radical (unpaired) electrons. The van der Waals surface area contributed by atoms with Crippen LogP contribution in [0.5, 0.6) is 5.75 Å². The quantitative estimate of drug-likeness (QED) is 0.758. The summed E-state index contributed by atoms with van der Waals surface area (Å²) in [6.45, 7) is 2.95. The molecule has 0 atom stereocenters. The van der Waals surface area contributed by atoms with E-state index in [-0.39, 0.29) is 23.9 Å². The number of carbonyl (C=O) groups excluding carboxylic acids is 1. The van der Waals surface area contributed by atoms with Crippen LogP contribution in [0.25, 0.3) is 0 Å². The number of hydrogen-bond donors (Lipinski definition) is 3. The van der Waals surface area contributed by atoms with Gasteiger partial charge >= 0.3 is 6.18 Å². The second-order valence-corrected chi connectivity index (χ2v) is 6.53. The highest BCUT2D eigenvalue weighted by Crippen LogP contribution is 2.30. The van der Waals surface area contributed by atoms with Crippen LogP contribution in [0.4, 0.5) is 24.5 Å². The molecule has 3 N–H and O–H groups in total. The maximum Gasteiger partial charge on any atom is 0.416 e. The number of carbonyl (C=O) groups is 1. The fraction of sp³-hybridized carbons (Fsp3) is 0.316. The molecule has 1 heterocycles. The highest BCUT2D eigenvalue weighted by molar-refractivity contribution is 5.91. The predicted octanol–water partition coefficient (Wildman–Crippen LogP) is 1.75. The molecule has 0 unspecified atom stereocenters. The van der Waals surface area contributed by atoms with Crippen LogP contribution in [-0.2, 0) is 11.0 Å². The largest absolute Gasteiger partial charge is 0.506 e. The smallest absolute Gasteiger partial charge is 0.416 e. The minimum absolute atomic E-state index is 0.141. The summed E-state index contributed by atoms with van der Waals surface area (Å²) in [4.78, 5) is 15.3. The number of hydrogen-bond acceptors (Lipinski definition) is 3. The lowest BCUT2D eigenvalue weighted by Gasteiger charge is -2.33. The summed E-state index contributed by atoms with van der Waals surface area (Å²) < 4.78 is 38.2. The fourth-order valence-electron chi connectivity index (χ4n) is 3.18. The van der Waals surface area contributed by atoms with Gasteiger partial charge in [-0.2, -0.15) is 13.2 Å². The molecule has 144 valence electrons. The number of quaternary nitrogens is 1. The number of anilines is 2. The van der Waals surface area contributed by atoms with Crippen LogP contribution in [0.2, 0.25) is 0 Å². The molecule has 0 spiro atoms. The molecule has 0 saturated carbocycles. The zero-order chi connectivity index (χ0) is 19.4. The van der Waals surface area contributed by atoms with Gasteiger partial charge in [-0.1, -0.05) is 18.2 Å². The van der Waals surface area contributed by atoms with E-state index < -0.39 is 11.7 Å². The number of amides is 1. The Labute approximate surface area is 155 Å². The van der Waals surface area contributed by atoms with Gasteiger partial charge in [0.15, 0.2) is 6.54 Å². The van der Waals surface area contributed by atoms with E-state index in [4.69, 9.17) is 0 Å². The van der Waals surface area contributed by atoms with Crippen LogP contribution in [-0.4, -0.2) is 43.7 Å². The summed E-state index contributed by atoms with van der Waals surface area (Å²) in [5.41, 5.74) is 0.121. The Bertz CT molecular complexity index is 803. The van der Waals surface area contributed by atoms with E-state index >= 15 is 0 Å². The van der Waals surface area contributed by atoms with Crippen molar-refractivity contribution in [2.24, 2.45) is 0 Å². The van der Waals surface area contributed by atoms with Crippen molar-refractivity contribution in [3.63, 3.8) is 0 Å². The van der Waals surface area contributed by atoms with E-state index in [1.807, 2.05) is 12.1 Å². The average Bonchev–Trinajstić information content (AvgIpc) is 2.62. The number of phenolic OH excluding ortho intramolecular Hbond substituents is 1. The third-order valence-electron chi connectivity index (χ3n) is 4.58. The van der Waals surface area contributed by atoms with Gasteiger partial charge in [-0.15, -0.1) is 0 Å². The maximum absolute atomic E-state index is 12.7. The summed E-state index contributed by atoms with van der Waals surface area (Å²) in [6, 6.07) is 11.7. The molecule has 8 heteroatoms. The Morgan fingerprint density at radius 2 is 1.81 bits per heavy atom. The first-order valence-electron chi connectivity index (χ1n) is 8.66. The van der Waals surface area contributed by atoms with Gasteiger partial charge in [-0.05, 0) is 30.3 Å². The molecule has 2 aromatic rings. The normalized spacial score (nSPS) is 15.6. The van der Waals surface area contributed by atoms with Gasteiger partial charge in [-0.25, -0.2) is 0 Å². The molecule has 1 aliphatic rings. The molecule has 2 aromatic carbocycles. The van der Waals surface area contributed by atoms with Crippen LogP contribution in [0, 0.1) is 0 Å². The third-order valence-corrected chi connectivity index (χ3v) is 4.58. The van der Waals surface area contributed by atoms with E-state index in [9.17, 15) is 23.1 Å². The molecule has 1 saturated heterocycles. The number of phenols is 1. The summed E-state index contributed by atoms with van der Waals surface area (Å²) in [6.07, 6.45) is -4.44. The summed E-state index contributed by atoms with van der Waals surface area (Å²) in [5.74, 6) is -0.0939. The standard InChI is InChI=1S/C19H20F3N3O2/c20-19(21,22)14-4-3-5-15(12-14)23-18(27)13-24-8-10-25(11-9-24)16-6-1-2-7-17(16)26/h1-7,12,26H,8-11,13H2,(H,23,27)/p+1. The first-order chi connectivity index (χ1) is 12.8. The van der Waals surface area contributed by atoms with E-state index in [0.717, 1.165) is 22.7 Å². The second-order valence-electron chi connectivity index (χ2n) is 6.53. The van der Waals surface area contributed by atoms with Gasteiger partial charge in [0.2, 0.25) is 0 Å². The van der Waals surface area contributed by atoms with Crippen molar-refractivity contribution in [2.75, 3.05) is 42.9 Å². The van der Waals surface area contributed by atoms with E-state index in [1.165, 1.54) is 12.1 Å². The number of para-hydroxylation sites is 2. The van der Waals surface area contributed by atoms with Crippen LogP contribution in [0.3, 0.4) is 0 Å². The Morgan fingerprint density at radius 1 is 1.11 bits per heavy atom. The molecule has 1 aliphatic heterocycles. The van der Waals surface area contributed by atoms with Gasteiger partial charge in [0.25, 0.3) is 5.91 Å². The number of piperazine rings is 1. The van der Waals surface area contributed by atoms with Crippen molar-refractivity contribution in [1.29, 1.82) is 0 Å². The number of nitrogens with one attached hydrogen (secondary N) is 2. The Hall–Kier alpha value is -2.74. The predicted molar refractivity (Wildman–Crippen MR) is 96.0 cm³/mol. The molecule has 5 nitrogen and oxygen atoms in total. The van der Waals surface area contributed by atoms with Crippen LogP contribution in [0.1, 0.15) is 5.56 Å². The third kappa shape index (κ3) is 4.91. The lowest BCUT2D eigenvalue weighted by atomic mass is 10.2. The topological polar surface area (TPSA) is 57.0 Å². The molecule has 0 aromatic heterocycles. The number of rotatable bonds is 4. The Kier molecular flexibility index (Phi) is 5.55. The molecular formula is C19H21F3N3O2+. The molecule has 1 fully saturated rings. The Morgan fingerprint density at radius 3 is 2.48 bits per heavy atom. The monoisotopic (exact) mass is 380 g/mol. The average molecular weight is 380 g/mol. The van der Waals surface area contributed by atoms with Gasteiger partial charge in [0.1, 0.15) is 5.75 Å². The van der Waals surface area contributed by atoms with Gasteiger partial charge in [-0.3, -0.25) is 4.79 Å². The van der Waals surface area contributed by atoms with Crippen molar-refractivity contribution in [3.8, 4) is 5.75 Å². The van der Waals surface area contributed by atoms with Gasteiger partial charge < -0.3 is 20.2 Å². The fourth-order valence-corrected chi connectivity index (χ4v) is 3.18. The molecular weight excluding hydrogens is 359 g/mol. The van der Waals surface area contributed by atoms with Crippen molar-refractivity contribution in [1.82, 2.24) is 0 Å². The highest BCUT2D eigenvalue weighted by Gasteiger charge is 2.30. The molecule has 3 rings (SSSR count). The number of benzene rings is 2. The minimum Gasteiger partial charge on any atom is -0.506 e. The minimum atomic E-state index is -4.44. The van der Waals surface area contributed by atoms with E-state index in [2.05, 4.69) is 10.2 Å². The van der Waals surface area contributed by atoms with Crippen molar-refractivity contribution in [2.45, 2.75) is 6.18 Å². The van der Waals surface area contributed by atoms with Crippen molar-refractivity contribution >= 4 is 17.3 Å². The first kappa shape index (κ1) is 19.0. The summed E-state index contributed by atoms with van der Waals surface area (Å²) in [5, 5.41) is 12.5. The van der Waals surface area contributed by atoms with Gasteiger partial charge in [0, 0.05) is 5.69 Å². The number of nitrogens with zero attached hydrogens (tertiary/aromatic N) is 1. The molecule has 27 heavy (non-hydrogen) atoms. The summed E-state index contributed by atoms with van der Waals surface area (Å²) >= 11 is 0. The molecule has 0 bridgehead atoms. The maximum atomic E-state index is 12.7. The van der Waals surface area contributed by atoms with Crippen LogP contribution >= 0.6 is 0 Å². The molecule has 0 aliphatic carbocycles. The Balaban J connectivity index is 1.52.